The molecule has 0 saturated heterocycles. The standard InChI is InChI=1S/C8H14N2OS2/c1-4-10(5-2)11-8(12)13-7(3)6-9/h7H,4-5H2,1-3H3. The maximum absolute atomic E-state index is 8.53. The average Bonchev–Trinajstić information content (AvgIpc) is 2.13. The second kappa shape index (κ2) is 7.13. The van der Waals surface area contributed by atoms with E-state index in [0.29, 0.717) is 4.38 Å². The summed E-state index contributed by atoms with van der Waals surface area (Å²) in [6.45, 7) is 7.35. The summed E-state index contributed by atoms with van der Waals surface area (Å²) in [4.78, 5) is 5.30. The van der Waals surface area contributed by atoms with Crippen LogP contribution in [0.25, 0.3) is 0 Å². The molecular weight excluding hydrogens is 204 g/mol. The minimum atomic E-state index is -0.150. The first-order valence-electron chi connectivity index (χ1n) is 4.17. The van der Waals surface area contributed by atoms with E-state index in [1.54, 1.807) is 12.0 Å². The van der Waals surface area contributed by atoms with Crippen LogP contribution in [0.4, 0.5) is 0 Å². The Morgan fingerprint density at radius 2 is 2.15 bits per heavy atom. The normalized spacial score (nSPS) is 12.2. The third-order valence-corrected chi connectivity index (χ3v) is 2.45. The van der Waals surface area contributed by atoms with Crippen LogP contribution in [0.2, 0.25) is 0 Å². The Labute approximate surface area is 89.0 Å². The Morgan fingerprint density at radius 3 is 2.54 bits per heavy atom. The number of hydroxylamine groups is 2. The lowest BCUT2D eigenvalue weighted by Gasteiger charge is -2.18. The number of thioether (sulfide) groups is 1. The topological polar surface area (TPSA) is 36.3 Å². The first-order chi connectivity index (χ1) is 6.13. The second-order valence-electron chi connectivity index (χ2n) is 2.34. The highest BCUT2D eigenvalue weighted by atomic mass is 32.2. The molecule has 0 N–H and O–H groups in total. The molecule has 0 aliphatic carbocycles. The fraction of sp³-hybridized carbons (Fsp3) is 0.750. The lowest BCUT2D eigenvalue weighted by molar-refractivity contribution is -0.0557. The second-order valence-corrected chi connectivity index (χ2v) is 4.29. The third-order valence-electron chi connectivity index (χ3n) is 1.36. The van der Waals surface area contributed by atoms with Crippen LogP contribution in [-0.4, -0.2) is 27.8 Å². The van der Waals surface area contributed by atoms with Crippen molar-refractivity contribution in [2.24, 2.45) is 0 Å². The smallest absolute Gasteiger partial charge is 0.246 e. The van der Waals surface area contributed by atoms with Crippen molar-refractivity contribution >= 4 is 28.4 Å². The number of hydrogen-bond acceptors (Lipinski definition) is 5. The largest absolute Gasteiger partial charge is 0.387 e. The van der Waals surface area contributed by atoms with Crippen molar-refractivity contribution in [3.63, 3.8) is 0 Å². The molecule has 3 nitrogen and oxygen atoms in total. The lowest BCUT2D eigenvalue weighted by Crippen LogP contribution is -2.25. The molecule has 0 aromatic rings. The van der Waals surface area contributed by atoms with Gasteiger partial charge < -0.3 is 4.84 Å². The molecule has 0 aromatic carbocycles. The van der Waals surface area contributed by atoms with E-state index in [1.165, 1.54) is 11.8 Å². The third kappa shape index (κ3) is 5.86. The number of nitrogens with zero attached hydrogens (tertiary/aromatic N) is 2. The maximum Gasteiger partial charge on any atom is 0.246 e. The maximum atomic E-state index is 8.53. The first kappa shape index (κ1) is 12.7. The van der Waals surface area contributed by atoms with Crippen LogP contribution in [0.3, 0.4) is 0 Å². The number of hydrogen-bond donors (Lipinski definition) is 0. The Bertz CT molecular complexity index is 199. The zero-order chi connectivity index (χ0) is 10.3. The SMILES string of the molecule is CCN(CC)OC(=S)SC(C)C#N. The van der Waals surface area contributed by atoms with Gasteiger partial charge in [-0.05, 0) is 33.0 Å². The highest BCUT2D eigenvalue weighted by molar-refractivity contribution is 8.23. The van der Waals surface area contributed by atoms with Gasteiger partial charge in [-0.2, -0.15) is 5.26 Å². The van der Waals surface area contributed by atoms with Crippen molar-refractivity contribution in [1.82, 2.24) is 5.06 Å². The molecule has 0 saturated carbocycles. The van der Waals surface area contributed by atoms with Crippen LogP contribution < -0.4 is 0 Å². The molecule has 0 bridgehead atoms. The highest BCUT2D eigenvalue weighted by Crippen LogP contribution is 2.13. The van der Waals surface area contributed by atoms with E-state index in [1.807, 2.05) is 13.8 Å². The molecular formula is C8H14N2OS2. The minimum absolute atomic E-state index is 0.150. The molecule has 1 unspecified atom stereocenters. The minimum Gasteiger partial charge on any atom is -0.387 e. The fourth-order valence-corrected chi connectivity index (χ4v) is 1.68. The van der Waals surface area contributed by atoms with Gasteiger partial charge in [-0.1, -0.05) is 11.8 Å². The van der Waals surface area contributed by atoms with Gasteiger partial charge in [0.15, 0.2) is 0 Å². The van der Waals surface area contributed by atoms with Crippen molar-refractivity contribution < 1.29 is 4.84 Å². The van der Waals surface area contributed by atoms with Crippen molar-refractivity contribution in [1.29, 1.82) is 5.26 Å². The van der Waals surface area contributed by atoms with Gasteiger partial charge in [0.05, 0.1) is 11.3 Å². The quantitative estimate of drug-likeness (QED) is 0.534. The van der Waals surface area contributed by atoms with Gasteiger partial charge >= 0.3 is 0 Å². The molecule has 0 rings (SSSR count). The van der Waals surface area contributed by atoms with Gasteiger partial charge in [-0.3, -0.25) is 0 Å². The molecule has 1 atom stereocenters. The summed E-state index contributed by atoms with van der Waals surface area (Å²) in [5.74, 6) is 0. The molecule has 5 heteroatoms. The van der Waals surface area contributed by atoms with Gasteiger partial charge in [0, 0.05) is 13.1 Å². The zero-order valence-corrected chi connectivity index (χ0v) is 9.74. The van der Waals surface area contributed by atoms with Crippen molar-refractivity contribution in [2.45, 2.75) is 26.0 Å². The molecule has 0 fully saturated rings. The molecule has 0 aliphatic rings. The monoisotopic (exact) mass is 218 g/mol. The van der Waals surface area contributed by atoms with E-state index in [9.17, 15) is 0 Å². The summed E-state index contributed by atoms with van der Waals surface area (Å²) in [6, 6.07) is 2.08. The van der Waals surface area contributed by atoms with Crippen LogP contribution in [0, 0.1) is 11.3 Å². The fourth-order valence-electron chi connectivity index (χ4n) is 0.650. The van der Waals surface area contributed by atoms with Crippen LogP contribution in [0.15, 0.2) is 0 Å². The molecule has 0 amide bonds. The van der Waals surface area contributed by atoms with Crippen LogP contribution in [-0.2, 0) is 4.84 Å². The molecule has 74 valence electrons. The van der Waals surface area contributed by atoms with E-state index in [-0.39, 0.29) is 5.25 Å². The van der Waals surface area contributed by atoms with Gasteiger partial charge in [0.2, 0.25) is 4.38 Å². The summed E-state index contributed by atoms with van der Waals surface area (Å²) < 4.78 is 0.415. The molecule has 0 spiro atoms. The lowest BCUT2D eigenvalue weighted by atomic mass is 10.5. The highest BCUT2D eigenvalue weighted by Gasteiger charge is 2.09. The van der Waals surface area contributed by atoms with Gasteiger partial charge in [-0.25, -0.2) is 0 Å². The van der Waals surface area contributed by atoms with E-state index < -0.39 is 0 Å². The summed E-state index contributed by atoms with van der Waals surface area (Å²) in [5, 5.41) is 10.1. The van der Waals surface area contributed by atoms with E-state index >= 15 is 0 Å². The average molecular weight is 218 g/mol. The van der Waals surface area contributed by atoms with Crippen LogP contribution >= 0.6 is 24.0 Å². The Morgan fingerprint density at radius 1 is 1.62 bits per heavy atom. The Kier molecular flexibility index (Phi) is 6.96. The van der Waals surface area contributed by atoms with Crippen molar-refractivity contribution in [2.75, 3.05) is 13.1 Å². The Balaban J connectivity index is 3.80. The molecule has 0 radical (unpaired) electrons. The summed E-state index contributed by atoms with van der Waals surface area (Å²) >= 11 is 6.22. The van der Waals surface area contributed by atoms with Crippen molar-refractivity contribution in [3.05, 3.63) is 0 Å². The predicted octanol–water partition coefficient (Wildman–Crippen LogP) is 2.19. The van der Waals surface area contributed by atoms with Gasteiger partial charge in [-0.15, -0.1) is 5.06 Å². The van der Waals surface area contributed by atoms with Gasteiger partial charge in [0.25, 0.3) is 0 Å². The Hall–Kier alpha value is -0.310. The van der Waals surface area contributed by atoms with E-state index in [4.69, 9.17) is 22.3 Å². The van der Waals surface area contributed by atoms with E-state index in [2.05, 4.69) is 6.07 Å². The summed E-state index contributed by atoms with van der Waals surface area (Å²) in [5.41, 5.74) is 0. The molecule has 13 heavy (non-hydrogen) atoms. The molecule has 0 heterocycles. The number of rotatable bonds is 4. The molecule has 0 aliphatic heterocycles. The van der Waals surface area contributed by atoms with Gasteiger partial charge in [0.1, 0.15) is 0 Å². The van der Waals surface area contributed by atoms with Crippen LogP contribution in [0.1, 0.15) is 20.8 Å². The summed E-state index contributed by atoms with van der Waals surface area (Å²) in [7, 11) is 0. The zero-order valence-electron chi connectivity index (χ0n) is 8.11. The van der Waals surface area contributed by atoms with Crippen LogP contribution in [0.5, 0.6) is 0 Å². The summed E-state index contributed by atoms with van der Waals surface area (Å²) in [6.07, 6.45) is 0. The number of nitriles is 1. The van der Waals surface area contributed by atoms with E-state index in [0.717, 1.165) is 13.1 Å². The van der Waals surface area contributed by atoms with Crippen molar-refractivity contribution in [3.8, 4) is 6.07 Å². The predicted molar refractivity (Wildman–Crippen MR) is 59.3 cm³/mol. The first-order valence-corrected chi connectivity index (χ1v) is 5.45. The number of thiocarbonyl (C=S) groups is 1. The molecule has 0 aromatic heterocycles.